The number of aliphatic hydroxyl groups excluding tert-OH is 1. The fraction of sp³-hybridized carbons (Fsp3) is 0.167. The number of aromatic hydroxyl groups is 1. The molecule has 10 heteroatoms. The zero-order chi connectivity index (χ0) is 16.3. The van der Waals surface area contributed by atoms with Gasteiger partial charge >= 0.3 is 10.2 Å². The van der Waals surface area contributed by atoms with Gasteiger partial charge in [-0.15, -0.1) is 0 Å². The molecule has 1 aromatic carbocycles. The van der Waals surface area contributed by atoms with E-state index in [9.17, 15) is 13.5 Å². The van der Waals surface area contributed by atoms with Crippen LogP contribution in [0, 0.1) is 0 Å². The Hall–Kier alpha value is -2.43. The summed E-state index contributed by atoms with van der Waals surface area (Å²) in [6.45, 7) is -0.0206. The van der Waals surface area contributed by atoms with Crippen molar-refractivity contribution < 1.29 is 18.6 Å². The van der Waals surface area contributed by atoms with E-state index < -0.39 is 16.1 Å². The molecule has 0 aliphatic rings. The van der Waals surface area contributed by atoms with Crippen molar-refractivity contribution in [2.75, 3.05) is 16.6 Å². The van der Waals surface area contributed by atoms with E-state index >= 15 is 0 Å². The summed E-state index contributed by atoms with van der Waals surface area (Å²) >= 11 is 0. The van der Waals surface area contributed by atoms with E-state index in [2.05, 4.69) is 9.97 Å². The fourth-order valence-electron chi connectivity index (χ4n) is 1.77. The molecule has 6 N–H and O–H groups in total. The van der Waals surface area contributed by atoms with E-state index in [0.29, 0.717) is 10.7 Å². The second-order valence-corrected chi connectivity index (χ2v) is 5.79. The number of nitrogen functional groups attached to an aromatic ring is 1. The van der Waals surface area contributed by atoms with Gasteiger partial charge in [0.15, 0.2) is 0 Å². The van der Waals surface area contributed by atoms with Crippen LogP contribution >= 0.6 is 0 Å². The van der Waals surface area contributed by atoms with E-state index in [1.807, 2.05) is 0 Å². The summed E-state index contributed by atoms with van der Waals surface area (Å²) in [5.41, 5.74) is 6.31. The van der Waals surface area contributed by atoms with Crippen LogP contribution in [0.15, 0.2) is 30.5 Å². The van der Waals surface area contributed by atoms with Gasteiger partial charge in [-0.2, -0.15) is 17.7 Å². The van der Waals surface area contributed by atoms with E-state index in [1.54, 1.807) is 12.1 Å². The molecule has 2 rings (SSSR count). The Bertz CT molecular complexity index is 764. The molecule has 1 heterocycles. The van der Waals surface area contributed by atoms with Crippen LogP contribution in [0.1, 0.15) is 5.56 Å². The maximum atomic E-state index is 11.8. The molecule has 9 nitrogen and oxygen atoms in total. The van der Waals surface area contributed by atoms with Crippen LogP contribution in [0.25, 0.3) is 0 Å². The molecule has 118 valence electrons. The summed E-state index contributed by atoms with van der Waals surface area (Å²) in [5.74, 6) is -0.875. The molecule has 0 spiro atoms. The zero-order valence-corrected chi connectivity index (χ0v) is 12.2. The monoisotopic (exact) mass is 325 g/mol. The van der Waals surface area contributed by atoms with Gasteiger partial charge < -0.3 is 15.9 Å². The fourth-order valence-corrected chi connectivity index (χ4v) is 2.51. The third kappa shape index (κ3) is 3.42. The lowest BCUT2D eigenvalue weighted by Crippen LogP contribution is -2.34. The van der Waals surface area contributed by atoms with Crippen molar-refractivity contribution in [3.63, 3.8) is 0 Å². The maximum absolute atomic E-state index is 11.8. The quantitative estimate of drug-likeness (QED) is 0.585. The number of aromatic nitrogens is 2. The summed E-state index contributed by atoms with van der Waals surface area (Å²) in [7, 11) is -4.22. The number of hydrogen-bond acceptors (Lipinski definition) is 7. The van der Waals surface area contributed by atoms with Crippen LogP contribution in [-0.2, 0) is 16.6 Å². The molecular weight excluding hydrogens is 310 g/mol. The third-order valence-electron chi connectivity index (χ3n) is 2.79. The van der Waals surface area contributed by atoms with Crippen molar-refractivity contribution in [1.82, 2.24) is 9.97 Å². The molecule has 0 aliphatic heterocycles. The van der Waals surface area contributed by atoms with Crippen molar-refractivity contribution >= 4 is 27.5 Å². The summed E-state index contributed by atoms with van der Waals surface area (Å²) in [6.07, 6.45) is 1.52. The van der Waals surface area contributed by atoms with Crippen LogP contribution in [0.3, 0.4) is 0 Å². The van der Waals surface area contributed by atoms with E-state index in [1.165, 1.54) is 12.1 Å². The molecule has 0 aliphatic carbocycles. The van der Waals surface area contributed by atoms with Gasteiger partial charge in [0, 0.05) is 6.61 Å². The Morgan fingerprint density at radius 1 is 1.23 bits per heavy atom. The zero-order valence-electron chi connectivity index (χ0n) is 11.4. The van der Waals surface area contributed by atoms with E-state index in [0.717, 1.165) is 11.8 Å². The standard InChI is InChI=1S/C12H15N5O4S/c13-10-7-15-12(16-11(10)19)17(22(14,20)21)9-3-1-8(2-4-9)5-6-18/h1-4,7,18H,5-6,13H2,(H2,14,20,21)(H,15,16,19). The van der Waals surface area contributed by atoms with Crippen LogP contribution in [0.2, 0.25) is 0 Å². The Morgan fingerprint density at radius 3 is 2.36 bits per heavy atom. The molecule has 22 heavy (non-hydrogen) atoms. The molecule has 0 saturated heterocycles. The molecular formula is C12H15N5O4S. The second kappa shape index (κ2) is 6.13. The van der Waals surface area contributed by atoms with Gasteiger partial charge in [0.05, 0.1) is 11.9 Å². The first kappa shape index (κ1) is 15.9. The SMILES string of the molecule is Nc1cnc(N(c2ccc(CCO)cc2)S(N)(=O)=O)nc1O. The van der Waals surface area contributed by atoms with Gasteiger partial charge in [0.2, 0.25) is 11.8 Å². The predicted molar refractivity (Wildman–Crippen MR) is 80.6 cm³/mol. The molecule has 2 aromatic rings. The maximum Gasteiger partial charge on any atom is 0.305 e. The van der Waals surface area contributed by atoms with Gasteiger partial charge in [-0.1, -0.05) is 12.1 Å². The highest BCUT2D eigenvalue weighted by Gasteiger charge is 2.24. The smallest absolute Gasteiger partial charge is 0.305 e. The number of hydrogen-bond donors (Lipinski definition) is 4. The molecule has 0 saturated carbocycles. The molecule has 0 bridgehead atoms. The van der Waals surface area contributed by atoms with Gasteiger partial charge in [-0.05, 0) is 24.1 Å². The van der Waals surface area contributed by atoms with Crippen molar-refractivity contribution in [2.24, 2.45) is 5.14 Å². The van der Waals surface area contributed by atoms with Crippen LogP contribution < -0.4 is 15.2 Å². The predicted octanol–water partition coefficient (Wildman–Crippen LogP) is -0.359. The highest BCUT2D eigenvalue weighted by Crippen LogP contribution is 2.27. The first-order valence-corrected chi connectivity index (χ1v) is 7.67. The van der Waals surface area contributed by atoms with Crippen LogP contribution in [0.5, 0.6) is 5.88 Å². The largest absolute Gasteiger partial charge is 0.492 e. The highest BCUT2D eigenvalue weighted by molar-refractivity contribution is 7.90. The lowest BCUT2D eigenvalue weighted by molar-refractivity contribution is 0.299. The summed E-state index contributed by atoms with van der Waals surface area (Å²) < 4.78 is 24.3. The van der Waals surface area contributed by atoms with Gasteiger partial charge in [-0.25, -0.2) is 10.1 Å². The second-order valence-electron chi connectivity index (χ2n) is 4.40. The normalized spacial score (nSPS) is 11.4. The summed E-state index contributed by atoms with van der Waals surface area (Å²) in [6, 6.07) is 6.26. The van der Waals surface area contributed by atoms with Gasteiger partial charge in [0.1, 0.15) is 5.69 Å². The molecule has 0 atom stereocenters. The molecule has 0 fully saturated rings. The van der Waals surface area contributed by atoms with Gasteiger partial charge in [-0.3, -0.25) is 0 Å². The number of rotatable bonds is 5. The number of benzene rings is 1. The Kier molecular flexibility index (Phi) is 4.45. The molecule has 0 radical (unpaired) electrons. The first-order chi connectivity index (χ1) is 10.3. The van der Waals surface area contributed by atoms with Gasteiger partial charge in [0.25, 0.3) is 0 Å². The topological polar surface area (TPSA) is 156 Å². The van der Waals surface area contributed by atoms with E-state index in [4.69, 9.17) is 16.0 Å². The number of nitrogens with two attached hydrogens (primary N) is 2. The summed E-state index contributed by atoms with van der Waals surface area (Å²) in [4.78, 5) is 7.39. The molecule has 0 unspecified atom stereocenters. The van der Waals surface area contributed by atoms with Crippen molar-refractivity contribution in [1.29, 1.82) is 0 Å². The molecule has 0 amide bonds. The summed E-state index contributed by atoms with van der Waals surface area (Å²) in [5, 5.41) is 23.6. The Balaban J connectivity index is 2.49. The lowest BCUT2D eigenvalue weighted by Gasteiger charge is -2.20. The average Bonchev–Trinajstić information content (AvgIpc) is 2.44. The lowest BCUT2D eigenvalue weighted by atomic mass is 10.1. The van der Waals surface area contributed by atoms with E-state index in [-0.39, 0.29) is 23.9 Å². The minimum atomic E-state index is -4.22. The Morgan fingerprint density at radius 2 is 1.86 bits per heavy atom. The first-order valence-electron chi connectivity index (χ1n) is 6.17. The number of aliphatic hydroxyl groups is 1. The minimum Gasteiger partial charge on any atom is -0.492 e. The van der Waals surface area contributed by atoms with Crippen molar-refractivity contribution in [3.8, 4) is 5.88 Å². The van der Waals surface area contributed by atoms with Crippen molar-refractivity contribution in [2.45, 2.75) is 6.42 Å². The minimum absolute atomic E-state index is 0.0206. The number of nitrogens with zero attached hydrogens (tertiary/aromatic N) is 3. The number of anilines is 3. The van der Waals surface area contributed by atoms with Crippen molar-refractivity contribution in [3.05, 3.63) is 36.0 Å². The third-order valence-corrected chi connectivity index (χ3v) is 3.67. The van der Waals surface area contributed by atoms with Crippen LogP contribution in [-0.4, -0.2) is 35.2 Å². The Labute approximate surface area is 127 Å². The highest BCUT2D eigenvalue weighted by atomic mass is 32.2. The van der Waals surface area contributed by atoms with Crippen LogP contribution in [0.4, 0.5) is 17.3 Å². The molecule has 1 aromatic heterocycles. The average molecular weight is 325 g/mol.